The number of aromatic nitrogens is 2. The average molecular weight is 337 g/mol. The average Bonchev–Trinajstić information content (AvgIpc) is 2.90. The Morgan fingerprint density at radius 2 is 2.00 bits per heavy atom. The van der Waals surface area contributed by atoms with Gasteiger partial charge in [0.1, 0.15) is 5.75 Å². The maximum atomic E-state index is 6.23. The van der Waals surface area contributed by atoms with Crippen LogP contribution < -0.4 is 4.74 Å². The van der Waals surface area contributed by atoms with Crippen LogP contribution in [0.15, 0.2) is 29.0 Å². The number of nitrogens with zero attached hydrogens (tertiary/aromatic N) is 1. The summed E-state index contributed by atoms with van der Waals surface area (Å²) in [7, 11) is 0. The van der Waals surface area contributed by atoms with E-state index in [-0.39, 0.29) is 6.10 Å². The lowest BCUT2D eigenvalue weighted by atomic mass is 10.1. The van der Waals surface area contributed by atoms with Gasteiger partial charge in [-0.3, -0.25) is 5.10 Å². The quantitative estimate of drug-likeness (QED) is 0.838. The molecule has 0 saturated carbocycles. The van der Waals surface area contributed by atoms with Crippen LogP contribution in [0.25, 0.3) is 0 Å². The van der Waals surface area contributed by atoms with Crippen LogP contribution in [0.3, 0.4) is 0 Å². The van der Waals surface area contributed by atoms with E-state index in [1.54, 1.807) is 0 Å². The first-order valence-electron chi connectivity index (χ1n) is 7.01. The van der Waals surface area contributed by atoms with Crippen molar-refractivity contribution in [3.63, 3.8) is 0 Å². The second-order valence-corrected chi connectivity index (χ2v) is 6.08. The van der Waals surface area contributed by atoms with E-state index in [4.69, 9.17) is 4.74 Å². The van der Waals surface area contributed by atoms with Crippen LogP contribution in [0.2, 0.25) is 0 Å². The van der Waals surface area contributed by atoms with Gasteiger partial charge in [-0.25, -0.2) is 0 Å². The van der Waals surface area contributed by atoms with Crippen LogP contribution in [0.4, 0.5) is 0 Å². The second kappa shape index (κ2) is 6.93. The van der Waals surface area contributed by atoms with Gasteiger partial charge in [-0.05, 0) is 61.9 Å². The van der Waals surface area contributed by atoms with Crippen molar-refractivity contribution in [2.24, 2.45) is 0 Å². The molecule has 0 spiro atoms. The highest BCUT2D eigenvalue weighted by molar-refractivity contribution is 9.10. The van der Waals surface area contributed by atoms with E-state index < -0.39 is 0 Å². The maximum absolute atomic E-state index is 6.23. The molecule has 3 nitrogen and oxygen atoms in total. The molecule has 1 unspecified atom stereocenters. The van der Waals surface area contributed by atoms with E-state index >= 15 is 0 Å². The maximum Gasteiger partial charge on any atom is 0.125 e. The fourth-order valence-electron chi connectivity index (χ4n) is 2.34. The Labute approximate surface area is 128 Å². The van der Waals surface area contributed by atoms with Gasteiger partial charge in [0.15, 0.2) is 0 Å². The molecule has 2 aromatic rings. The minimum absolute atomic E-state index is 0.239. The number of hydrogen-bond donors (Lipinski definition) is 1. The molecule has 0 aliphatic carbocycles. The molecule has 4 heteroatoms. The van der Waals surface area contributed by atoms with Gasteiger partial charge in [-0.2, -0.15) is 5.10 Å². The third-order valence-electron chi connectivity index (χ3n) is 3.47. The van der Waals surface area contributed by atoms with Crippen molar-refractivity contribution in [3.8, 4) is 5.75 Å². The Bertz CT molecular complexity index is 529. The zero-order valence-electron chi connectivity index (χ0n) is 12.2. The molecule has 0 aliphatic heterocycles. The van der Waals surface area contributed by atoms with Crippen molar-refractivity contribution < 1.29 is 4.74 Å². The van der Waals surface area contributed by atoms with E-state index in [1.807, 2.05) is 12.4 Å². The highest BCUT2D eigenvalue weighted by atomic mass is 79.9. The molecule has 108 valence electrons. The lowest BCUT2D eigenvalue weighted by Crippen LogP contribution is -2.17. The third-order valence-corrected chi connectivity index (χ3v) is 3.93. The molecule has 1 atom stereocenters. The van der Waals surface area contributed by atoms with Crippen LogP contribution >= 0.6 is 15.9 Å². The Kier molecular flexibility index (Phi) is 5.24. The molecule has 0 amide bonds. The third kappa shape index (κ3) is 3.85. The number of nitrogens with one attached hydrogen (secondary N) is 1. The van der Waals surface area contributed by atoms with Gasteiger partial charge in [0, 0.05) is 10.7 Å². The number of hydrogen-bond acceptors (Lipinski definition) is 2. The van der Waals surface area contributed by atoms with Gasteiger partial charge < -0.3 is 4.74 Å². The van der Waals surface area contributed by atoms with Crippen LogP contribution in [0, 0.1) is 13.8 Å². The highest BCUT2D eigenvalue weighted by Gasteiger charge is 2.13. The minimum atomic E-state index is 0.239. The fraction of sp³-hybridized carbons (Fsp3) is 0.438. The van der Waals surface area contributed by atoms with Gasteiger partial charge in [-0.1, -0.05) is 22.9 Å². The summed E-state index contributed by atoms with van der Waals surface area (Å²) in [5, 5.41) is 6.83. The Morgan fingerprint density at radius 3 is 2.55 bits per heavy atom. The summed E-state index contributed by atoms with van der Waals surface area (Å²) >= 11 is 3.52. The van der Waals surface area contributed by atoms with E-state index in [0.29, 0.717) is 0 Å². The van der Waals surface area contributed by atoms with Crippen molar-refractivity contribution in [2.45, 2.75) is 46.1 Å². The first kappa shape index (κ1) is 15.1. The van der Waals surface area contributed by atoms with Crippen LogP contribution in [-0.2, 0) is 6.42 Å². The second-order valence-electron chi connectivity index (χ2n) is 5.16. The summed E-state index contributed by atoms with van der Waals surface area (Å²) in [6.07, 6.45) is 7.07. The predicted octanol–water partition coefficient (Wildman–Crippen LogP) is 4.58. The van der Waals surface area contributed by atoms with Crippen molar-refractivity contribution >= 4 is 15.9 Å². The molecule has 0 radical (unpaired) electrons. The van der Waals surface area contributed by atoms with Crippen molar-refractivity contribution in [1.82, 2.24) is 10.2 Å². The summed E-state index contributed by atoms with van der Waals surface area (Å²) in [5.41, 5.74) is 3.59. The first-order valence-corrected chi connectivity index (χ1v) is 7.80. The predicted molar refractivity (Wildman–Crippen MR) is 85.2 cm³/mol. The molecule has 1 aromatic carbocycles. The zero-order valence-corrected chi connectivity index (χ0v) is 13.8. The summed E-state index contributed by atoms with van der Waals surface area (Å²) in [6, 6.07) is 4.20. The standard InChI is InChI=1S/C16H21BrN2O/c1-4-15(6-5-13-9-18-19-10-13)20-16-11(2)7-14(17)8-12(16)3/h7-10,15H,4-6H2,1-3H3,(H,18,19). The molecule has 20 heavy (non-hydrogen) atoms. The highest BCUT2D eigenvalue weighted by Crippen LogP contribution is 2.29. The molecule has 0 aliphatic rings. The molecule has 0 saturated heterocycles. The molecular weight excluding hydrogens is 316 g/mol. The van der Waals surface area contributed by atoms with Gasteiger partial charge in [0.25, 0.3) is 0 Å². The van der Waals surface area contributed by atoms with Crippen LogP contribution in [-0.4, -0.2) is 16.3 Å². The number of aryl methyl sites for hydroxylation is 3. The monoisotopic (exact) mass is 336 g/mol. The van der Waals surface area contributed by atoms with Gasteiger partial charge >= 0.3 is 0 Å². The molecule has 1 N–H and O–H groups in total. The van der Waals surface area contributed by atoms with E-state index in [1.165, 1.54) is 16.7 Å². The first-order chi connectivity index (χ1) is 9.60. The molecule has 0 bridgehead atoms. The van der Waals surface area contributed by atoms with Crippen molar-refractivity contribution in [3.05, 3.63) is 45.7 Å². The Hall–Kier alpha value is -1.29. The lowest BCUT2D eigenvalue weighted by Gasteiger charge is -2.20. The smallest absolute Gasteiger partial charge is 0.125 e. The summed E-state index contributed by atoms with van der Waals surface area (Å²) in [5.74, 6) is 1.02. The number of aromatic amines is 1. The topological polar surface area (TPSA) is 37.9 Å². The van der Waals surface area contributed by atoms with Gasteiger partial charge in [0.2, 0.25) is 0 Å². The number of benzene rings is 1. The largest absolute Gasteiger partial charge is 0.490 e. The molecular formula is C16H21BrN2O. The summed E-state index contributed by atoms with van der Waals surface area (Å²) < 4.78 is 7.33. The molecule has 1 heterocycles. The number of halogens is 1. The SMILES string of the molecule is CCC(CCc1cn[nH]c1)Oc1c(C)cc(Br)cc1C. The lowest BCUT2D eigenvalue weighted by molar-refractivity contribution is 0.184. The van der Waals surface area contributed by atoms with E-state index in [9.17, 15) is 0 Å². The van der Waals surface area contributed by atoms with Crippen molar-refractivity contribution in [2.75, 3.05) is 0 Å². The van der Waals surface area contributed by atoms with E-state index in [0.717, 1.165) is 29.5 Å². The molecule has 0 fully saturated rings. The minimum Gasteiger partial charge on any atom is -0.490 e. The summed E-state index contributed by atoms with van der Waals surface area (Å²) in [4.78, 5) is 0. The van der Waals surface area contributed by atoms with Gasteiger partial charge in [0.05, 0.1) is 12.3 Å². The zero-order chi connectivity index (χ0) is 14.5. The van der Waals surface area contributed by atoms with Crippen LogP contribution in [0.1, 0.15) is 36.5 Å². The normalized spacial score (nSPS) is 12.4. The van der Waals surface area contributed by atoms with Crippen LogP contribution in [0.5, 0.6) is 5.75 Å². The Balaban J connectivity index is 2.02. The number of rotatable bonds is 6. The fourth-order valence-corrected chi connectivity index (χ4v) is 3.03. The van der Waals surface area contributed by atoms with Crippen molar-refractivity contribution in [1.29, 1.82) is 0 Å². The number of ether oxygens (including phenoxy) is 1. The van der Waals surface area contributed by atoms with E-state index in [2.05, 4.69) is 59.0 Å². The molecule has 2 rings (SSSR count). The Morgan fingerprint density at radius 1 is 1.30 bits per heavy atom. The number of H-pyrrole nitrogens is 1. The van der Waals surface area contributed by atoms with Gasteiger partial charge in [-0.15, -0.1) is 0 Å². The summed E-state index contributed by atoms with van der Waals surface area (Å²) in [6.45, 7) is 6.36. The molecule has 1 aromatic heterocycles.